The summed E-state index contributed by atoms with van der Waals surface area (Å²) in [4.78, 5) is 72.7. The lowest BCUT2D eigenvalue weighted by atomic mass is 9.81. The summed E-state index contributed by atoms with van der Waals surface area (Å²) in [6, 6.07) is 16.3. The maximum absolute atomic E-state index is 14.4. The number of nitrogens with zero attached hydrogens (tertiary/aromatic N) is 5. The Morgan fingerprint density at radius 1 is 0.860 bits per heavy atom. The minimum atomic E-state index is -0.888. The number of ether oxygens (including phenoxy) is 1. The van der Waals surface area contributed by atoms with Crippen molar-refractivity contribution in [1.29, 1.82) is 0 Å². The number of benzene rings is 2. The van der Waals surface area contributed by atoms with Gasteiger partial charge in [-0.15, -0.1) is 0 Å². The molecule has 14 heteroatoms. The van der Waals surface area contributed by atoms with E-state index in [-0.39, 0.29) is 36.0 Å². The number of carbonyl (C=O) groups excluding carboxylic acids is 4. The average Bonchev–Trinajstić information content (AvgIpc) is 4.05. The van der Waals surface area contributed by atoms with Gasteiger partial charge >= 0.3 is 12.1 Å². The Bertz CT molecular complexity index is 1950. The summed E-state index contributed by atoms with van der Waals surface area (Å²) in [5.41, 5.74) is 4.20. The monoisotopic (exact) mass is 775 g/mol. The fraction of sp³-hybridized carbons (Fsp3) is 0.465. The Labute approximate surface area is 333 Å². The van der Waals surface area contributed by atoms with Crippen molar-refractivity contribution in [2.45, 2.75) is 101 Å². The first-order chi connectivity index (χ1) is 27.9. The third-order valence-corrected chi connectivity index (χ3v) is 11.4. The zero-order chi connectivity index (χ0) is 39.6. The zero-order valence-corrected chi connectivity index (χ0v) is 32.6. The maximum atomic E-state index is 14.4. The Kier molecular flexibility index (Phi) is 13.1. The molecular weight excluding hydrogens is 723 g/mol. The second-order valence-corrected chi connectivity index (χ2v) is 15.3. The van der Waals surface area contributed by atoms with Gasteiger partial charge in [0.15, 0.2) is 0 Å². The molecule has 5 amide bonds. The number of unbranched alkanes of at least 4 members (excludes halogenated alkanes) is 2. The average molecular weight is 776 g/mol. The summed E-state index contributed by atoms with van der Waals surface area (Å²) >= 11 is 0. The number of carbonyl (C=O) groups is 4. The SMILES string of the molecule is CCCCCOC(=O)N[C@@H]1CCN(C(=O)N[C@@H](C(=O)N2CCC[C@H]2c2ncc(-c3ccc(C4CCC(NC(=O)c5cnccn5)CC4)cc3)[nH]2)c2ccccc2)C1. The first-order valence-electron chi connectivity index (χ1n) is 20.4. The van der Waals surface area contributed by atoms with Crippen molar-refractivity contribution in [3.63, 3.8) is 0 Å². The first kappa shape index (κ1) is 39.4. The van der Waals surface area contributed by atoms with Gasteiger partial charge in [-0.05, 0) is 74.0 Å². The number of H-pyrrole nitrogens is 1. The van der Waals surface area contributed by atoms with Gasteiger partial charge in [0.05, 0.1) is 36.8 Å². The summed E-state index contributed by atoms with van der Waals surface area (Å²) in [5, 5.41) is 9.01. The van der Waals surface area contributed by atoms with E-state index in [1.807, 2.05) is 41.4 Å². The molecule has 2 aromatic heterocycles. The van der Waals surface area contributed by atoms with E-state index in [1.54, 1.807) is 11.1 Å². The number of imidazole rings is 1. The normalized spacial score (nSPS) is 21.1. The predicted octanol–water partition coefficient (Wildman–Crippen LogP) is 6.43. The number of hydrogen-bond acceptors (Lipinski definition) is 8. The van der Waals surface area contributed by atoms with E-state index < -0.39 is 12.1 Å². The number of alkyl carbamates (subject to hydrolysis) is 1. The summed E-state index contributed by atoms with van der Waals surface area (Å²) < 4.78 is 5.30. The molecular formula is C43H53N9O5. The molecule has 14 nitrogen and oxygen atoms in total. The van der Waals surface area contributed by atoms with Crippen LogP contribution in [-0.2, 0) is 9.53 Å². The van der Waals surface area contributed by atoms with Crippen LogP contribution < -0.4 is 16.0 Å². The molecule has 0 unspecified atom stereocenters. The first-order valence-corrected chi connectivity index (χ1v) is 20.4. The van der Waals surface area contributed by atoms with Crippen molar-refractivity contribution in [2.75, 3.05) is 26.2 Å². The molecule has 1 aliphatic carbocycles. The largest absolute Gasteiger partial charge is 0.450 e. The van der Waals surface area contributed by atoms with Crippen molar-refractivity contribution >= 4 is 23.9 Å². The van der Waals surface area contributed by atoms with Crippen LogP contribution in [0.3, 0.4) is 0 Å². The van der Waals surface area contributed by atoms with Gasteiger partial charge in [-0.25, -0.2) is 19.6 Å². The molecule has 1 saturated carbocycles. The lowest BCUT2D eigenvalue weighted by Gasteiger charge is -2.30. The fourth-order valence-electron chi connectivity index (χ4n) is 8.25. The second kappa shape index (κ2) is 18.9. The van der Waals surface area contributed by atoms with Crippen LogP contribution in [0.4, 0.5) is 9.59 Å². The van der Waals surface area contributed by atoms with Gasteiger partial charge in [0, 0.05) is 38.1 Å². The van der Waals surface area contributed by atoms with Crippen LogP contribution in [-0.4, -0.2) is 92.0 Å². The van der Waals surface area contributed by atoms with Crippen LogP contribution in [0.15, 0.2) is 79.4 Å². The fourth-order valence-corrected chi connectivity index (χ4v) is 8.25. The molecule has 0 bridgehead atoms. The number of rotatable bonds is 13. The Morgan fingerprint density at radius 3 is 2.42 bits per heavy atom. The number of amides is 5. The van der Waals surface area contributed by atoms with Crippen LogP contribution in [0, 0.1) is 0 Å². The van der Waals surface area contributed by atoms with Gasteiger partial charge in [-0.2, -0.15) is 0 Å². The predicted molar refractivity (Wildman–Crippen MR) is 214 cm³/mol. The second-order valence-electron chi connectivity index (χ2n) is 15.3. The van der Waals surface area contributed by atoms with E-state index in [2.05, 4.69) is 62.1 Å². The van der Waals surface area contributed by atoms with E-state index in [1.165, 1.54) is 18.0 Å². The Balaban J connectivity index is 0.948. The molecule has 2 saturated heterocycles. The van der Waals surface area contributed by atoms with Crippen LogP contribution in [0.2, 0.25) is 0 Å². The summed E-state index contributed by atoms with van der Waals surface area (Å²) in [7, 11) is 0. The van der Waals surface area contributed by atoms with Crippen molar-refractivity contribution < 1.29 is 23.9 Å². The molecule has 3 aliphatic rings. The minimum absolute atomic E-state index is 0.124. The van der Waals surface area contributed by atoms with E-state index in [4.69, 9.17) is 9.72 Å². The molecule has 57 heavy (non-hydrogen) atoms. The lowest BCUT2D eigenvalue weighted by Crippen LogP contribution is -2.48. The topological polar surface area (TPSA) is 175 Å². The highest BCUT2D eigenvalue weighted by Crippen LogP contribution is 2.36. The molecule has 4 N–H and O–H groups in total. The molecule has 4 aromatic rings. The van der Waals surface area contributed by atoms with Gasteiger partial charge in [0.1, 0.15) is 17.6 Å². The van der Waals surface area contributed by atoms with Crippen molar-refractivity contribution in [1.82, 2.24) is 45.7 Å². The third-order valence-electron chi connectivity index (χ3n) is 11.4. The molecule has 0 spiro atoms. The Hall–Kier alpha value is -5.79. The highest BCUT2D eigenvalue weighted by molar-refractivity contribution is 5.92. The van der Waals surface area contributed by atoms with Crippen LogP contribution in [0.25, 0.3) is 11.3 Å². The van der Waals surface area contributed by atoms with Crippen molar-refractivity contribution in [3.05, 3.63) is 102 Å². The molecule has 3 fully saturated rings. The molecule has 0 radical (unpaired) electrons. The highest BCUT2D eigenvalue weighted by atomic mass is 16.5. The molecule has 4 heterocycles. The van der Waals surface area contributed by atoms with Crippen molar-refractivity contribution in [2.24, 2.45) is 0 Å². The molecule has 7 rings (SSSR count). The smallest absolute Gasteiger partial charge is 0.407 e. The number of aromatic nitrogens is 4. The number of hydrogen-bond donors (Lipinski definition) is 4. The van der Waals surface area contributed by atoms with E-state index in [0.29, 0.717) is 49.8 Å². The van der Waals surface area contributed by atoms with Crippen molar-refractivity contribution in [3.8, 4) is 11.3 Å². The summed E-state index contributed by atoms with van der Waals surface area (Å²) in [5.74, 6) is 0.772. The van der Waals surface area contributed by atoms with Gasteiger partial charge < -0.3 is 35.5 Å². The Morgan fingerprint density at radius 2 is 1.67 bits per heavy atom. The van der Waals surface area contributed by atoms with Crippen LogP contribution >= 0.6 is 0 Å². The van der Waals surface area contributed by atoms with E-state index >= 15 is 0 Å². The zero-order valence-electron chi connectivity index (χ0n) is 32.6. The number of urea groups is 1. The quantitative estimate of drug-likeness (QED) is 0.113. The molecule has 2 aromatic carbocycles. The van der Waals surface area contributed by atoms with Gasteiger partial charge in [-0.3, -0.25) is 14.6 Å². The highest BCUT2D eigenvalue weighted by Gasteiger charge is 2.38. The van der Waals surface area contributed by atoms with Gasteiger partial charge in [0.2, 0.25) is 5.91 Å². The maximum Gasteiger partial charge on any atom is 0.407 e. The van der Waals surface area contributed by atoms with Gasteiger partial charge in [0.25, 0.3) is 5.91 Å². The van der Waals surface area contributed by atoms with Gasteiger partial charge in [-0.1, -0.05) is 74.4 Å². The van der Waals surface area contributed by atoms with Crippen LogP contribution in [0.1, 0.15) is 117 Å². The summed E-state index contributed by atoms with van der Waals surface area (Å²) in [6.45, 7) is 3.81. The number of likely N-dealkylation sites (tertiary alicyclic amines) is 2. The summed E-state index contributed by atoms with van der Waals surface area (Å²) in [6.07, 6.45) is 14.8. The minimum Gasteiger partial charge on any atom is -0.450 e. The molecule has 300 valence electrons. The van der Waals surface area contributed by atoms with Crippen LogP contribution in [0.5, 0.6) is 0 Å². The number of aromatic amines is 1. The standard InChI is InChI=1S/C43H53N9O5/c1-2-3-7-25-57-43(56)48-34-20-24-51(28-34)42(55)50-38(32-9-5-4-6-10-32)41(54)52-23-8-11-37(52)39-46-27-35(49-39)31-14-12-29(13-15-31)30-16-18-33(19-17-30)47-40(53)36-26-44-21-22-45-36/h4-6,9-10,12-15,21-22,26-27,30,33-34,37-38H,2-3,7-8,11,16-20,23-25,28H2,1H3,(H,46,49)(H,47,53)(H,48,56)(H,50,55)/t30?,33?,34-,37+,38-/m1/s1. The molecule has 2 aliphatic heterocycles. The van der Waals surface area contributed by atoms with E-state index in [9.17, 15) is 19.2 Å². The third kappa shape index (κ3) is 9.97. The number of nitrogens with one attached hydrogen (secondary N) is 4. The lowest BCUT2D eigenvalue weighted by molar-refractivity contribution is -0.134. The van der Waals surface area contributed by atoms with E-state index in [0.717, 1.165) is 74.9 Å². The molecule has 3 atom stereocenters.